The van der Waals surface area contributed by atoms with Crippen LogP contribution in [0.4, 0.5) is 5.69 Å². The van der Waals surface area contributed by atoms with Crippen molar-refractivity contribution in [1.29, 1.82) is 0 Å². The zero-order chi connectivity index (χ0) is 18.8. The monoisotopic (exact) mass is 346 g/mol. The number of rotatable bonds is 3. The maximum absolute atomic E-state index is 12.8. The van der Waals surface area contributed by atoms with Crippen LogP contribution < -0.4 is 10.7 Å². The van der Waals surface area contributed by atoms with E-state index in [0.29, 0.717) is 11.4 Å². The van der Waals surface area contributed by atoms with Crippen LogP contribution in [0.25, 0.3) is 5.69 Å². The fourth-order valence-electron chi connectivity index (χ4n) is 3.08. The van der Waals surface area contributed by atoms with E-state index in [1.807, 2.05) is 73.9 Å². The SMILES string of the molecule is Cc1ccc(NC(=O)c2c(C)n(-c3ccc(C)cc3)c(C)cc2=O)cc1. The topological polar surface area (TPSA) is 51.1 Å². The molecule has 132 valence electrons. The quantitative estimate of drug-likeness (QED) is 0.768. The van der Waals surface area contributed by atoms with Crippen molar-refractivity contribution in [3.63, 3.8) is 0 Å². The van der Waals surface area contributed by atoms with Crippen LogP contribution in [0.2, 0.25) is 0 Å². The third kappa shape index (κ3) is 3.45. The van der Waals surface area contributed by atoms with E-state index in [-0.39, 0.29) is 11.0 Å². The number of aromatic nitrogens is 1. The molecule has 1 N–H and O–H groups in total. The first-order valence-electron chi connectivity index (χ1n) is 8.55. The Morgan fingerprint density at radius 1 is 0.846 bits per heavy atom. The summed E-state index contributed by atoms with van der Waals surface area (Å²) in [5.41, 5.74) is 5.17. The number of benzene rings is 2. The van der Waals surface area contributed by atoms with Gasteiger partial charge < -0.3 is 9.88 Å². The van der Waals surface area contributed by atoms with Crippen molar-refractivity contribution in [2.45, 2.75) is 27.7 Å². The Bertz CT molecular complexity index is 1010. The maximum Gasteiger partial charge on any atom is 0.261 e. The second-order valence-electron chi connectivity index (χ2n) is 6.60. The molecule has 0 aliphatic rings. The summed E-state index contributed by atoms with van der Waals surface area (Å²) in [7, 11) is 0. The lowest BCUT2D eigenvalue weighted by Crippen LogP contribution is -2.26. The first-order valence-corrected chi connectivity index (χ1v) is 8.55. The predicted molar refractivity (Wildman–Crippen MR) is 105 cm³/mol. The summed E-state index contributed by atoms with van der Waals surface area (Å²) in [6.45, 7) is 7.68. The van der Waals surface area contributed by atoms with Gasteiger partial charge in [0.1, 0.15) is 5.56 Å². The molecule has 0 saturated heterocycles. The largest absolute Gasteiger partial charge is 0.322 e. The number of carbonyl (C=O) groups is 1. The Hall–Kier alpha value is -3.14. The summed E-state index contributed by atoms with van der Waals surface area (Å²) in [6, 6.07) is 17.0. The van der Waals surface area contributed by atoms with Gasteiger partial charge in [0, 0.05) is 28.8 Å². The van der Waals surface area contributed by atoms with Crippen molar-refractivity contribution in [3.8, 4) is 5.69 Å². The molecule has 0 saturated carbocycles. The van der Waals surface area contributed by atoms with Crippen molar-refractivity contribution >= 4 is 11.6 Å². The molecule has 3 rings (SSSR count). The number of aryl methyl sites for hydroxylation is 3. The van der Waals surface area contributed by atoms with E-state index >= 15 is 0 Å². The Morgan fingerprint density at radius 2 is 1.38 bits per heavy atom. The van der Waals surface area contributed by atoms with Crippen molar-refractivity contribution < 1.29 is 4.79 Å². The second kappa shape index (κ2) is 7.00. The van der Waals surface area contributed by atoms with Crippen molar-refractivity contribution in [2.75, 3.05) is 5.32 Å². The van der Waals surface area contributed by atoms with Gasteiger partial charge in [0.2, 0.25) is 0 Å². The van der Waals surface area contributed by atoms with E-state index in [1.165, 1.54) is 6.07 Å². The number of hydrogen-bond donors (Lipinski definition) is 1. The molecule has 2 aromatic carbocycles. The fourth-order valence-corrected chi connectivity index (χ4v) is 3.08. The minimum absolute atomic E-state index is 0.164. The van der Waals surface area contributed by atoms with Crippen LogP contribution in [0.15, 0.2) is 59.4 Å². The average molecular weight is 346 g/mol. The van der Waals surface area contributed by atoms with Gasteiger partial charge in [-0.15, -0.1) is 0 Å². The molecule has 0 aliphatic carbocycles. The van der Waals surface area contributed by atoms with Crippen LogP contribution in [0.1, 0.15) is 32.9 Å². The molecule has 0 spiro atoms. The minimum atomic E-state index is -0.391. The third-order valence-corrected chi connectivity index (χ3v) is 4.46. The lowest BCUT2D eigenvalue weighted by molar-refractivity contribution is 0.102. The molecule has 0 atom stereocenters. The molecule has 3 aromatic rings. The number of hydrogen-bond acceptors (Lipinski definition) is 2. The molecule has 1 aromatic heterocycles. The molecule has 1 heterocycles. The molecule has 0 aliphatic heterocycles. The third-order valence-electron chi connectivity index (χ3n) is 4.46. The number of nitrogens with zero attached hydrogens (tertiary/aromatic N) is 1. The molecule has 26 heavy (non-hydrogen) atoms. The number of nitrogens with one attached hydrogen (secondary N) is 1. The standard InChI is InChI=1S/C22H22N2O2/c1-14-5-9-18(10-6-14)23-22(26)21-17(4)24(16(3)13-20(21)25)19-11-7-15(2)8-12-19/h5-13H,1-4H3,(H,23,26). The van der Waals surface area contributed by atoms with E-state index in [2.05, 4.69) is 5.32 Å². The Kier molecular flexibility index (Phi) is 4.76. The maximum atomic E-state index is 12.8. The van der Waals surface area contributed by atoms with Gasteiger partial charge in [0.25, 0.3) is 5.91 Å². The Labute approximate surface area is 153 Å². The Morgan fingerprint density at radius 3 is 1.96 bits per heavy atom. The van der Waals surface area contributed by atoms with Crippen LogP contribution in [-0.2, 0) is 0 Å². The van der Waals surface area contributed by atoms with E-state index in [0.717, 1.165) is 22.5 Å². The van der Waals surface area contributed by atoms with E-state index in [4.69, 9.17) is 0 Å². The number of carbonyl (C=O) groups excluding carboxylic acids is 1. The normalized spacial score (nSPS) is 10.6. The molecule has 0 radical (unpaired) electrons. The molecule has 0 unspecified atom stereocenters. The molecule has 0 bridgehead atoms. The van der Waals surface area contributed by atoms with Crippen molar-refractivity contribution in [3.05, 3.63) is 92.9 Å². The first-order chi connectivity index (χ1) is 12.4. The number of anilines is 1. The van der Waals surface area contributed by atoms with Gasteiger partial charge in [0.05, 0.1) is 0 Å². The van der Waals surface area contributed by atoms with Crippen molar-refractivity contribution in [1.82, 2.24) is 4.57 Å². The zero-order valence-corrected chi connectivity index (χ0v) is 15.5. The van der Waals surface area contributed by atoms with Gasteiger partial charge in [-0.05, 0) is 52.0 Å². The van der Waals surface area contributed by atoms with Gasteiger partial charge in [-0.3, -0.25) is 9.59 Å². The summed E-state index contributed by atoms with van der Waals surface area (Å²) in [5.74, 6) is -0.391. The molecule has 0 fully saturated rings. The van der Waals surface area contributed by atoms with Crippen molar-refractivity contribution in [2.24, 2.45) is 0 Å². The highest BCUT2D eigenvalue weighted by atomic mass is 16.2. The summed E-state index contributed by atoms with van der Waals surface area (Å²) < 4.78 is 1.94. The molecule has 4 nitrogen and oxygen atoms in total. The van der Waals surface area contributed by atoms with Crippen LogP contribution in [0.3, 0.4) is 0 Å². The van der Waals surface area contributed by atoms with Gasteiger partial charge in [0.15, 0.2) is 5.43 Å². The van der Waals surface area contributed by atoms with E-state index < -0.39 is 5.91 Å². The highest BCUT2D eigenvalue weighted by molar-refractivity contribution is 6.05. The predicted octanol–water partition coefficient (Wildman–Crippen LogP) is 4.32. The second-order valence-corrected chi connectivity index (χ2v) is 6.60. The van der Waals surface area contributed by atoms with Crippen LogP contribution in [0, 0.1) is 27.7 Å². The number of amides is 1. The zero-order valence-electron chi connectivity index (χ0n) is 15.5. The highest BCUT2D eigenvalue weighted by Gasteiger charge is 2.18. The van der Waals surface area contributed by atoms with Gasteiger partial charge in [-0.1, -0.05) is 35.4 Å². The first kappa shape index (κ1) is 17.7. The minimum Gasteiger partial charge on any atom is -0.322 e. The van der Waals surface area contributed by atoms with E-state index in [1.54, 1.807) is 6.92 Å². The number of pyridine rings is 1. The summed E-state index contributed by atoms with van der Waals surface area (Å²) >= 11 is 0. The van der Waals surface area contributed by atoms with Gasteiger partial charge in [-0.25, -0.2) is 0 Å². The smallest absolute Gasteiger partial charge is 0.261 e. The summed E-state index contributed by atoms with van der Waals surface area (Å²) in [6.07, 6.45) is 0. The molecule has 4 heteroatoms. The summed E-state index contributed by atoms with van der Waals surface area (Å²) in [5, 5.41) is 2.82. The highest BCUT2D eigenvalue weighted by Crippen LogP contribution is 2.18. The molecular formula is C22H22N2O2. The van der Waals surface area contributed by atoms with Gasteiger partial charge in [-0.2, -0.15) is 0 Å². The lowest BCUT2D eigenvalue weighted by atomic mass is 10.1. The van der Waals surface area contributed by atoms with Gasteiger partial charge >= 0.3 is 0 Å². The Balaban J connectivity index is 2.05. The fraction of sp³-hybridized carbons (Fsp3) is 0.182. The van der Waals surface area contributed by atoms with E-state index in [9.17, 15) is 9.59 Å². The molecular weight excluding hydrogens is 324 g/mol. The van der Waals surface area contributed by atoms with Crippen LogP contribution in [-0.4, -0.2) is 10.5 Å². The lowest BCUT2D eigenvalue weighted by Gasteiger charge is -2.18. The summed E-state index contributed by atoms with van der Waals surface area (Å²) in [4.78, 5) is 25.3. The average Bonchev–Trinajstić information content (AvgIpc) is 2.58. The van der Waals surface area contributed by atoms with Crippen LogP contribution in [0.5, 0.6) is 0 Å². The molecule has 1 amide bonds. The van der Waals surface area contributed by atoms with Crippen LogP contribution >= 0.6 is 0 Å².